The van der Waals surface area contributed by atoms with Gasteiger partial charge in [0.15, 0.2) is 0 Å². The summed E-state index contributed by atoms with van der Waals surface area (Å²) in [5, 5.41) is 5.67. The van der Waals surface area contributed by atoms with E-state index in [1.807, 2.05) is 32.0 Å². The minimum atomic E-state index is -0.410. The van der Waals surface area contributed by atoms with Crippen molar-refractivity contribution < 1.29 is 9.59 Å². The fourth-order valence-electron chi connectivity index (χ4n) is 2.45. The lowest BCUT2D eigenvalue weighted by Crippen LogP contribution is -2.32. The summed E-state index contributed by atoms with van der Waals surface area (Å²) in [5.41, 5.74) is 2.41. The van der Waals surface area contributed by atoms with Crippen LogP contribution in [-0.4, -0.2) is 27.8 Å². The minimum absolute atomic E-state index is 0.0533. The van der Waals surface area contributed by atoms with Gasteiger partial charge in [-0.05, 0) is 37.6 Å². The maximum absolute atomic E-state index is 12.6. The number of anilines is 1. The lowest BCUT2D eigenvalue weighted by atomic mass is 10.1. The lowest BCUT2D eigenvalue weighted by Gasteiger charge is -2.14. The Morgan fingerprint density at radius 2 is 1.69 bits per heavy atom. The second-order valence-corrected chi connectivity index (χ2v) is 6.03. The summed E-state index contributed by atoms with van der Waals surface area (Å²) in [6.45, 7) is 3.93. The molecule has 0 radical (unpaired) electrons. The smallest absolute Gasteiger partial charge is 0.275 e. The van der Waals surface area contributed by atoms with Gasteiger partial charge in [0.25, 0.3) is 11.8 Å². The molecule has 0 saturated heterocycles. The van der Waals surface area contributed by atoms with Gasteiger partial charge in [0.2, 0.25) is 0 Å². The Kier molecular flexibility index (Phi) is 5.22. The van der Waals surface area contributed by atoms with Gasteiger partial charge in [-0.3, -0.25) is 14.6 Å². The van der Waals surface area contributed by atoms with Gasteiger partial charge in [-0.15, -0.1) is 0 Å². The molecule has 6 nitrogen and oxygen atoms in total. The van der Waals surface area contributed by atoms with Crippen molar-refractivity contribution >= 4 is 28.5 Å². The fourth-order valence-corrected chi connectivity index (χ4v) is 2.45. The first-order chi connectivity index (χ1) is 12.6. The molecule has 2 N–H and O–H groups in total. The summed E-state index contributed by atoms with van der Waals surface area (Å²) >= 11 is 0. The van der Waals surface area contributed by atoms with Crippen LogP contribution in [0.2, 0.25) is 0 Å². The average molecular weight is 348 g/mol. The van der Waals surface area contributed by atoms with Gasteiger partial charge in [0.1, 0.15) is 5.69 Å². The summed E-state index contributed by atoms with van der Waals surface area (Å²) in [4.78, 5) is 33.6. The van der Waals surface area contributed by atoms with Crippen molar-refractivity contribution in [1.82, 2.24) is 15.3 Å². The van der Waals surface area contributed by atoms with Crippen LogP contribution in [0.25, 0.3) is 11.0 Å². The lowest BCUT2D eigenvalue weighted by molar-refractivity contribution is 0.0940. The Labute approximate surface area is 151 Å². The van der Waals surface area contributed by atoms with E-state index in [9.17, 15) is 9.59 Å². The first-order valence-electron chi connectivity index (χ1n) is 8.51. The van der Waals surface area contributed by atoms with Crippen LogP contribution in [0.5, 0.6) is 0 Å². The molecule has 132 valence electrons. The molecule has 0 fully saturated rings. The molecular weight excluding hydrogens is 328 g/mol. The minimum Gasteiger partial charge on any atom is -0.350 e. The van der Waals surface area contributed by atoms with Crippen LogP contribution in [-0.2, 0) is 0 Å². The number of carbonyl (C=O) groups excluding carboxylic acids is 2. The Balaban J connectivity index is 1.83. The van der Waals surface area contributed by atoms with E-state index in [1.165, 1.54) is 6.20 Å². The zero-order valence-electron chi connectivity index (χ0n) is 14.7. The first kappa shape index (κ1) is 17.5. The van der Waals surface area contributed by atoms with Crippen molar-refractivity contribution in [2.24, 2.45) is 0 Å². The topological polar surface area (TPSA) is 84.0 Å². The van der Waals surface area contributed by atoms with E-state index in [0.717, 1.165) is 11.9 Å². The van der Waals surface area contributed by atoms with Crippen LogP contribution in [0.3, 0.4) is 0 Å². The number of fused-ring (bicyclic) bond motifs is 1. The van der Waals surface area contributed by atoms with Gasteiger partial charge >= 0.3 is 0 Å². The Hall–Kier alpha value is -3.28. The molecule has 1 heterocycles. The first-order valence-corrected chi connectivity index (χ1v) is 8.51. The fraction of sp³-hybridized carbons (Fsp3) is 0.200. The maximum Gasteiger partial charge on any atom is 0.275 e. The van der Waals surface area contributed by atoms with Crippen LogP contribution in [0, 0.1) is 0 Å². The summed E-state index contributed by atoms with van der Waals surface area (Å²) in [5.74, 6) is -0.633. The van der Waals surface area contributed by atoms with Crippen molar-refractivity contribution in [3.8, 4) is 0 Å². The van der Waals surface area contributed by atoms with Crippen molar-refractivity contribution in [3.63, 3.8) is 0 Å². The number of carbonyl (C=O) groups is 2. The molecule has 26 heavy (non-hydrogen) atoms. The van der Waals surface area contributed by atoms with E-state index in [4.69, 9.17) is 0 Å². The van der Waals surface area contributed by atoms with Crippen LogP contribution >= 0.6 is 0 Å². The van der Waals surface area contributed by atoms with Gasteiger partial charge in [0, 0.05) is 6.04 Å². The van der Waals surface area contributed by atoms with E-state index < -0.39 is 5.91 Å². The number of nitrogens with zero attached hydrogens (tertiary/aromatic N) is 2. The second-order valence-electron chi connectivity index (χ2n) is 6.03. The number of hydrogen-bond acceptors (Lipinski definition) is 4. The highest BCUT2D eigenvalue weighted by Crippen LogP contribution is 2.17. The molecule has 0 spiro atoms. The third kappa shape index (κ3) is 3.85. The molecule has 3 aromatic rings. The molecule has 1 atom stereocenters. The molecule has 0 aliphatic rings. The quantitative estimate of drug-likeness (QED) is 0.740. The highest BCUT2D eigenvalue weighted by Gasteiger charge is 2.16. The van der Waals surface area contributed by atoms with Crippen molar-refractivity contribution in [2.75, 3.05) is 5.32 Å². The van der Waals surface area contributed by atoms with E-state index in [0.29, 0.717) is 16.8 Å². The number of nitrogens with one attached hydrogen (secondary N) is 2. The van der Waals surface area contributed by atoms with Gasteiger partial charge in [-0.1, -0.05) is 31.2 Å². The average Bonchev–Trinajstić information content (AvgIpc) is 2.67. The van der Waals surface area contributed by atoms with Crippen molar-refractivity contribution in [2.45, 2.75) is 26.3 Å². The standard InChI is InChI=1S/C20H20N4O2/c1-3-13(2)22-19(25)14-8-4-5-9-15(14)24-20(26)18-12-21-16-10-6-7-11-17(16)23-18/h4-13H,3H2,1-2H3,(H,22,25)(H,24,26)/t13-/m0/s1. The summed E-state index contributed by atoms with van der Waals surface area (Å²) < 4.78 is 0. The van der Waals surface area contributed by atoms with Crippen LogP contribution in [0.4, 0.5) is 5.69 Å². The number of amides is 2. The van der Waals surface area contributed by atoms with Crippen molar-refractivity contribution in [3.05, 3.63) is 66.0 Å². The van der Waals surface area contributed by atoms with Crippen LogP contribution in [0.1, 0.15) is 41.1 Å². The highest BCUT2D eigenvalue weighted by atomic mass is 16.2. The summed E-state index contributed by atoms with van der Waals surface area (Å²) in [6, 6.07) is 14.3. The molecule has 1 aromatic heterocycles. The second kappa shape index (κ2) is 7.74. The Morgan fingerprint density at radius 3 is 2.46 bits per heavy atom. The number of rotatable bonds is 5. The highest BCUT2D eigenvalue weighted by molar-refractivity contribution is 6.08. The molecule has 0 aliphatic carbocycles. The molecule has 2 amide bonds. The Bertz CT molecular complexity index is 955. The molecule has 2 aromatic carbocycles. The Morgan fingerprint density at radius 1 is 1.00 bits per heavy atom. The zero-order chi connectivity index (χ0) is 18.5. The van der Waals surface area contributed by atoms with Gasteiger partial charge in [-0.25, -0.2) is 4.98 Å². The number of aromatic nitrogens is 2. The summed E-state index contributed by atoms with van der Waals surface area (Å²) in [6.07, 6.45) is 2.26. The summed E-state index contributed by atoms with van der Waals surface area (Å²) in [7, 11) is 0. The third-order valence-electron chi connectivity index (χ3n) is 4.09. The van der Waals surface area contributed by atoms with Gasteiger partial charge in [0.05, 0.1) is 28.5 Å². The molecule has 0 bridgehead atoms. The van der Waals surface area contributed by atoms with Crippen LogP contribution in [0.15, 0.2) is 54.7 Å². The molecular formula is C20H20N4O2. The molecule has 6 heteroatoms. The molecule has 3 rings (SSSR count). The predicted octanol–water partition coefficient (Wildman–Crippen LogP) is 3.41. The molecule has 0 saturated carbocycles. The van der Waals surface area contributed by atoms with Gasteiger partial charge in [-0.2, -0.15) is 0 Å². The predicted molar refractivity (Wildman–Crippen MR) is 101 cm³/mol. The largest absolute Gasteiger partial charge is 0.350 e. The monoisotopic (exact) mass is 348 g/mol. The number of hydrogen-bond donors (Lipinski definition) is 2. The number of para-hydroxylation sites is 3. The number of benzene rings is 2. The molecule has 0 unspecified atom stereocenters. The van der Waals surface area contributed by atoms with E-state index >= 15 is 0 Å². The van der Waals surface area contributed by atoms with Gasteiger partial charge < -0.3 is 10.6 Å². The maximum atomic E-state index is 12.6. The molecule has 0 aliphatic heterocycles. The van der Waals surface area contributed by atoms with E-state index in [2.05, 4.69) is 20.6 Å². The van der Waals surface area contributed by atoms with Crippen LogP contribution < -0.4 is 10.6 Å². The van der Waals surface area contributed by atoms with E-state index in [-0.39, 0.29) is 17.6 Å². The normalized spacial score (nSPS) is 11.8. The third-order valence-corrected chi connectivity index (χ3v) is 4.09. The van der Waals surface area contributed by atoms with E-state index in [1.54, 1.807) is 30.3 Å². The zero-order valence-corrected chi connectivity index (χ0v) is 14.7. The SMILES string of the molecule is CC[C@H](C)NC(=O)c1ccccc1NC(=O)c1cnc2ccccc2n1. The van der Waals surface area contributed by atoms with Crippen molar-refractivity contribution in [1.29, 1.82) is 0 Å².